The van der Waals surface area contributed by atoms with Crippen LogP contribution in [0.1, 0.15) is 6.42 Å². The Morgan fingerprint density at radius 2 is 2.40 bits per heavy atom. The van der Waals surface area contributed by atoms with E-state index in [-0.39, 0.29) is 0 Å². The second kappa shape index (κ2) is 2.39. The Bertz CT molecular complexity index is 223. The molecule has 1 N–H and O–H groups in total. The first-order chi connectivity index (χ1) is 4.97. The smallest absolute Gasteiger partial charge is 0.0640 e. The minimum atomic E-state index is 0.962. The molecule has 2 nitrogen and oxygen atoms in total. The first kappa shape index (κ1) is 5.86. The molecule has 0 aromatic rings. The number of nitrogens with one attached hydrogen (secondary N) is 1. The van der Waals surface area contributed by atoms with E-state index in [1.54, 1.807) is 0 Å². The third kappa shape index (κ3) is 0.907. The van der Waals surface area contributed by atoms with Gasteiger partial charge in [-0.1, -0.05) is 6.08 Å². The van der Waals surface area contributed by atoms with E-state index in [0.29, 0.717) is 0 Å². The highest BCUT2D eigenvalue weighted by molar-refractivity contribution is 5.66. The molecular formula is C8H10N2. The molecule has 2 rings (SSSR count). The molecule has 0 saturated heterocycles. The monoisotopic (exact) mass is 134 g/mol. The zero-order chi connectivity index (χ0) is 6.81. The van der Waals surface area contributed by atoms with Crippen LogP contribution in [0.4, 0.5) is 0 Å². The maximum atomic E-state index is 4.28. The van der Waals surface area contributed by atoms with E-state index in [1.807, 2.05) is 6.21 Å². The van der Waals surface area contributed by atoms with Crippen LogP contribution in [0.5, 0.6) is 0 Å². The molecule has 0 saturated carbocycles. The van der Waals surface area contributed by atoms with Crippen LogP contribution in [0.2, 0.25) is 0 Å². The Balaban J connectivity index is 2.32. The average Bonchev–Trinajstić information content (AvgIpc) is 2.05. The molecule has 0 aromatic carbocycles. The Kier molecular flexibility index (Phi) is 1.40. The van der Waals surface area contributed by atoms with Gasteiger partial charge in [0.25, 0.3) is 0 Å². The van der Waals surface area contributed by atoms with Gasteiger partial charge in [-0.15, -0.1) is 0 Å². The van der Waals surface area contributed by atoms with Crippen LogP contribution in [0.3, 0.4) is 0 Å². The number of aliphatic imine (C=N–C) groups is 1. The van der Waals surface area contributed by atoms with Crippen LogP contribution in [0.15, 0.2) is 28.4 Å². The molecule has 2 aliphatic heterocycles. The van der Waals surface area contributed by atoms with E-state index < -0.39 is 0 Å². The van der Waals surface area contributed by atoms with E-state index in [9.17, 15) is 0 Å². The maximum Gasteiger partial charge on any atom is 0.0640 e. The Labute approximate surface area is 60.3 Å². The third-order valence-electron chi connectivity index (χ3n) is 1.78. The summed E-state index contributed by atoms with van der Waals surface area (Å²) in [6.07, 6.45) is 7.31. The van der Waals surface area contributed by atoms with Crippen LogP contribution in [0, 0.1) is 0 Å². The molecule has 52 valence electrons. The number of fused-ring (bicyclic) bond motifs is 1. The van der Waals surface area contributed by atoms with Gasteiger partial charge in [0.05, 0.1) is 5.70 Å². The summed E-state index contributed by atoms with van der Waals surface area (Å²) < 4.78 is 0. The predicted octanol–water partition coefficient (Wildman–Crippen LogP) is 0.874. The van der Waals surface area contributed by atoms with Gasteiger partial charge >= 0.3 is 0 Å². The van der Waals surface area contributed by atoms with Gasteiger partial charge in [-0.2, -0.15) is 0 Å². The van der Waals surface area contributed by atoms with Crippen molar-refractivity contribution in [2.24, 2.45) is 4.99 Å². The van der Waals surface area contributed by atoms with Crippen LogP contribution in [-0.2, 0) is 0 Å². The summed E-state index contributed by atoms with van der Waals surface area (Å²) in [4.78, 5) is 4.28. The molecule has 0 atom stereocenters. The van der Waals surface area contributed by atoms with E-state index in [0.717, 1.165) is 19.5 Å². The number of hydrogen-bond acceptors (Lipinski definition) is 2. The summed E-state index contributed by atoms with van der Waals surface area (Å²) in [6, 6.07) is 0. The highest BCUT2D eigenvalue weighted by atomic mass is 14.9. The van der Waals surface area contributed by atoms with Crippen LogP contribution in [0.25, 0.3) is 0 Å². The van der Waals surface area contributed by atoms with Gasteiger partial charge in [-0.05, 0) is 11.6 Å². The van der Waals surface area contributed by atoms with E-state index in [2.05, 4.69) is 22.5 Å². The lowest BCUT2D eigenvalue weighted by atomic mass is 10.1. The Morgan fingerprint density at radius 3 is 3.30 bits per heavy atom. The molecule has 0 unspecified atom stereocenters. The normalized spacial score (nSPS) is 23.2. The van der Waals surface area contributed by atoms with Gasteiger partial charge in [0.2, 0.25) is 0 Å². The summed E-state index contributed by atoms with van der Waals surface area (Å²) >= 11 is 0. The fourth-order valence-corrected chi connectivity index (χ4v) is 1.26. The van der Waals surface area contributed by atoms with Crippen molar-refractivity contribution in [3.63, 3.8) is 0 Å². The van der Waals surface area contributed by atoms with Crippen LogP contribution < -0.4 is 5.32 Å². The highest BCUT2D eigenvalue weighted by Gasteiger charge is 2.08. The summed E-state index contributed by atoms with van der Waals surface area (Å²) in [5.74, 6) is 0. The topological polar surface area (TPSA) is 24.4 Å². The van der Waals surface area contributed by atoms with Crippen molar-refractivity contribution in [1.82, 2.24) is 5.32 Å². The number of rotatable bonds is 0. The van der Waals surface area contributed by atoms with Crippen molar-refractivity contribution in [2.45, 2.75) is 6.42 Å². The second-order valence-electron chi connectivity index (χ2n) is 2.50. The second-order valence-corrected chi connectivity index (χ2v) is 2.50. The minimum Gasteiger partial charge on any atom is -0.309 e. The SMILES string of the molecule is C1=NC2=CCNCC2=CC1. The molecule has 0 spiro atoms. The molecular weight excluding hydrogens is 124 g/mol. The van der Waals surface area contributed by atoms with Gasteiger partial charge in [0, 0.05) is 25.7 Å². The standard InChI is InChI=1S/C8H10N2/c1-2-7-6-9-5-3-8(7)10-4-1/h2-4,9H,1,5-6H2. The zero-order valence-corrected chi connectivity index (χ0v) is 5.80. The van der Waals surface area contributed by atoms with Crippen LogP contribution >= 0.6 is 0 Å². The van der Waals surface area contributed by atoms with Crippen molar-refractivity contribution >= 4 is 6.21 Å². The predicted molar refractivity (Wildman–Crippen MR) is 42.1 cm³/mol. The first-order valence-electron chi connectivity index (χ1n) is 3.59. The lowest BCUT2D eigenvalue weighted by Gasteiger charge is -2.16. The first-order valence-corrected chi connectivity index (χ1v) is 3.59. The van der Waals surface area contributed by atoms with E-state index >= 15 is 0 Å². The van der Waals surface area contributed by atoms with Gasteiger partial charge in [-0.3, -0.25) is 4.99 Å². The van der Waals surface area contributed by atoms with Crippen molar-refractivity contribution in [1.29, 1.82) is 0 Å². The fraction of sp³-hybridized carbons (Fsp3) is 0.375. The quantitative estimate of drug-likeness (QED) is 0.522. The molecule has 0 aromatic heterocycles. The van der Waals surface area contributed by atoms with Crippen LogP contribution in [-0.4, -0.2) is 19.3 Å². The average molecular weight is 134 g/mol. The lowest BCUT2D eigenvalue weighted by Crippen LogP contribution is -2.23. The van der Waals surface area contributed by atoms with E-state index in [4.69, 9.17) is 0 Å². The molecule has 10 heavy (non-hydrogen) atoms. The van der Waals surface area contributed by atoms with Crippen molar-refractivity contribution < 1.29 is 0 Å². The van der Waals surface area contributed by atoms with Gasteiger partial charge in [-0.25, -0.2) is 0 Å². The summed E-state index contributed by atoms with van der Waals surface area (Å²) in [5.41, 5.74) is 2.53. The molecule has 0 fully saturated rings. The van der Waals surface area contributed by atoms with Crippen molar-refractivity contribution in [3.05, 3.63) is 23.4 Å². The van der Waals surface area contributed by atoms with Gasteiger partial charge in [0.1, 0.15) is 0 Å². The largest absolute Gasteiger partial charge is 0.309 e. The molecule has 0 radical (unpaired) electrons. The highest BCUT2D eigenvalue weighted by Crippen LogP contribution is 2.16. The molecule has 2 aliphatic rings. The van der Waals surface area contributed by atoms with Crippen molar-refractivity contribution in [3.8, 4) is 0 Å². The minimum absolute atomic E-state index is 0.962. The maximum absolute atomic E-state index is 4.28. The van der Waals surface area contributed by atoms with Gasteiger partial charge < -0.3 is 5.32 Å². The number of dihydropyridines is 1. The Hall–Kier alpha value is -0.890. The molecule has 0 bridgehead atoms. The lowest BCUT2D eigenvalue weighted by molar-refractivity contribution is 0.780. The van der Waals surface area contributed by atoms with Crippen molar-refractivity contribution in [2.75, 3.05) is 13.1 Å². The summed E-state index contributed by atoms with van der Waals surface area (Å²) in [6.45, 7) is 1.95. The molecule has 2 heteroatoms. The fourth-order valence-electron chi connectivity index (χ4n) is 1.26. The van der Waals surface area contributed by atoms with E-state index in [1.165, 1.54) is 11.3 Å². The number of hydrogen-bond donors (Lipinski definition) is 1. The Morgan fingerprint density at radius 1 is 1.40 bits per heavy atom. The molecule has 0 aliphatic carbocycles. The molecule has 0 amide bonds. The van der Waals surface area contributed by atoms with Gasteiger partial charge in [0.15, 0.2) is 0 Å². The number of nitrogens with zero attached hydrogens (tertiary/aromatic N) is 1. The zero-order valence-electron chi connectivity index (χ0n) is 5.80. The number of allylic oxidation sites excluding steroid dienone is 1. The third-order valence-corrected chi connectivity index (χ3v) is 1.78. The summed E-state index contributed by atoms with van der Waals surface area (Å²) in [5, 5.41) is 3.27. The molecule has 2 heterocycles. The summed E-state index contributed by atoms with van der Waals surface area (Å²) in [7, 11) is 0.